The second-order valence-corrected chi connectivity index (χ2v) is 5.94. The zero-order chi connectivity index (χ0) is 15.3. The summed E-state index contributed by atoms with van der Waals surface area (Å²) >= 11 is 0. The van der Waals surface area contributed by atoms with Crippen molar-refractivity contribution in [3.63, 3.8) is 0 Å². The Labute approximate surface area is 115 Å². The third-order valence-corrected chi connectivity index (χ3v) is 3.76. The van der Waals surface area contributed by atoms with Crippen LogP contribution in [-0.2, 0) is 19.4 Å². The van der Waals surface area contributed by atoms with Crippen molar-refractivity contribution < 1.29 is 31.9 Å². The fraction of sp³-hybridized carbons (Fsp3) is 0.333. The minimum Gasteiger partial charge on any atom is -0.496 e. The number of Topliss-reactive ketones (excluding diaryl/α,β-unsaturated/α-hetero) is 1. The van der Waals surface area contributed by atoms with E-state index >= 15 is 0 Å². The van der Waals surface area contributed by atoms with E-state index in [1.54, 1.807) is 0 Å². The number of carbonyl (C=O) groups is 2. The fourth-order valence-corrected chi connectivity index (χ4v) is 2.60. The molecular formula is C12H13FO6S. The highest BCUT2D eigenvalue weighted by Crippen LogP contribution is 2.20. The maximum absolute atomic E-state index is 13.1. The number of methoxy groups -OCH3 is 2. The van der Waals surface area contributed by atoms with Gasteiger partial charge in [-0.2, -0.15) is 0 Å². The molecule has 0 amide bonds. The molecule has 0 heterocycles. The van der Waals surface area contributed by atoms with E-state index in [0.717, 1.165) is 19.2 Å². The van der Waals surface area contributed by atoms with E-state index in [4.69, 9.17) is 4.74 Å². The Hall–Kier alpha value is -1.96. The average Bonchev–Trinajstić information content (AvgIpc) is 2.37. The number of hydrogen-bond acceptors (Lipinski definition) is 6. The van der Waals surface area contributed by atoms with Crippen molar-refractivity contribution in [2.75, 3.05) is 25.7 Å². The van der Waals surface area contributed by atoms with Crippen molar-refractivity contribution >= 4 is 21.6 Å². The highest BCUT2D eigenvalue weighted by atomic mass is 32.2. The number of ether oxygens (including phenoxy) is 2. The van der Waals surface area contributed by atoms with Gasteiger partial charge in [0, 0.05) is 0 Å². The largest absolute Gasteiger partial charge is 0.496 e. The number of sulfone groups is 1. The number of ketones is 1. The standard InChI is InChI=1S/C12H13FO6S/c1-18-11-4-3-8(13)5-9(11)10(14)6-20(16,17)7-12(15)19-2/h3-5H,6-7H2,1-2H3. The lowest BCUT2D eigenvalue weighted by atomic mass is 10.1. The molecule has 8 heteroatoms. The molecule has 0 bridgehead atoms. The summed E-state index contributed by atoms with van der Waals surface area (Å²) in [5.41, 5.74) is -0.194. The number of esters is 1. The molecule has 0 aliphatic rings. The van der Waals surface area contributed by atoms with Gasteiger partial charge >= 0.3 is 5.97 Å². The van der Waals surface area contributed by atoms with Gasteiger partial charge in [-0.15, -0.1) is 0 Å². The molecule has 1 rings (SSSR count). The molecule has 0 N–H and O–H groups in total. The Morgan fingerprint density at radius 2 is 1.85 bits per heavy atom. The van der Waals surface area contributed by atoms with E-state index in [1.165, 1.54) is 13.2 Å². The molecule has 0 atom stereocenters. The normalized spacial score (nSPS) is 10.9. The van der Waals surface area contributed by atoms with Crippen LogP contribution in [0.25, 0.3) is 0 Å². The lowest BCUT2D eigenvalue weighted by Crippen LogP contribution is -2.24. The zero-order valence-electron chi connectivity index (χ0n) is 10.9. The van der Waals surface area contributed by atoms with Crippen molar-refractivity contribution in [1.82, 2.24) is 0 Å². The van der Waals surface area contributed by atoms with E-state index in [2.05, 4.69) is 4.74 Å². The summed E-state index contributed by atoms with van der Waals surface area (Å²) in [6.07, 6.45) is 0. The summed E-state index contributed by atoms with van der Waals surface area (Å²) in [5.74, 6) is -4.30. The first-order chi connectivity index (χ1) is 9.29. The summed E-state index contributed by atoms with van der Waals surface area (Å²) in [6.45, 7) is 0. The lowest BCUT2D eigenvalue weighted by molar-refractivity contribution is -0.137. The Balaban J connectivity index is 2.97. The van der Waals surface area contributed by atoms with Crippen LogP contribution < -0.4 is 4.74 Å². The van der Waals surface area contributed by atoms with E-state index < -0.39 is 38.9 Å². The molecule has 0 saturated heterocycles. The second kappa shape index (κ2) is 6.47. The van der Waals surface area contributed by atoms with Crippen LogP contribution >= 0.6 is 0 Å². The number of benzene rings is 1. The van der Waals surface area contributed by atoms with Gasteiger partial charge in [0.2, 0.25) is 0 Å². The minimum atomic E-state index is -3.98. The first kappa shape index (κ1) is 16.1. The van der Waals surface area contributed by atoms with Crippen molar-refractivity contribution in [3.8, 4) is 5.75 Å². The highest BCUT2D eigenvalue weighted by molar-refractivity contribution is 7.92. The molecule has 0 unspecified atom stereocenters. The molecule has 0 spiro atoms. The Morgan fingerprint density at radius 1 is 1.20 bits per heavy atom. The third kappa shape index (κ3) is 4.30. The summed E-state index contributed by atoms with van der Waals surface area (Å²) < 4.78 is 45.4. The molecule has 110 valence electrons. The smallest absolute Gasteiger partial charge is 0.320 e. The van der Waals surface area contributed by atoms with E-state index in [9.17, 15) is 22.4 Å². The number of rotatable bonds is 6. The molecular weight excluding hydrogens is 291 g/mol. The Kier molecular flexibility index (Phi) is 5.20. The predicted molar refractivity (Wildman–Crippen MR) is 68.0 cm³/mol. The van der Waals surface area contributed by atoms with Crippen LogP contribution in [-0.4, -0.2) is 45.9 Å². The Bertz CT molecular complexity index is 623. The van der Waals surface area contributed by atoms with Crippen molar-refractivity contribution in [1.29, 1.82) is 0 Å². The highest BCUT2D eigenvalue weighted by Gasteiger charge is 2.24. The maximum atomic E-state index is 13.1. The van der Waals surface area contributed by atoms with Crippen LogP contribution in [0.1, 0.15) is 10.4 Å². The minimum absolute atomic E-state index is 0.0599. The van der Waals surface area contributed by atoms with E-state index in [1.807, 2.05) is 0 Å². The second-order valence-electron chi connectivity index (χ2n) is 3.88. The van der Waals surface area contributed by atoms with E-state index in [-0.39, 0.29) is 11.3 Å². The summed E-state index contributed by atoms with van der Waals surface area (Å²) in [7, 11) is -1.67. The predicted octanol–water partition coefficient (Wildman–Crippen LogP) is 0.605. The maximum Gasteiger partial charge on any atom is 0.320 e. The molecule has 1 aromatic carbocycles. The summed E-state index contributed by atoms with van der Waals surface area (Å²) in [4.78, 5) is 22.8. The van der Waals surface area contributed by atoms with Crippen LogP contribution in [0.3, 0.4) is 0 Å². The van der Waals surface area contributed by atoms with Gasteiger partial charge in [0.1, 0.15) is 23.1 Å². The van der Waals surface area contributed by atoms with Crippen LogP contribution in [0.4, 0.5) is 4.39 Å². The molecule has 0 aromatic heterocycles. The summed E-state index contributed by atoms with van der Waals surface area (Å²) in [6, 6.07) is 3.18. The quantitative estimate of drug-likeness (QED) is 0.565. The monoisotopic (exact) mass is 304 g/mol. The number of carbonyl (C=O) groups excluding carboxylic acids is 2. The number of hydrogen-bond donors (Lipinski definition) is 0. The van der Waals surface area contributed by atoms with Crippen LogP contribution in [0.5, 0.6) is 5.75 Å². The van der Waals surface area contributed by atoms with Crippen molar-refractivity contribution in [2.24, 2.45) is 0 Å². The van der Waals surface area contributed by atoms with Crippen LogP contribution in [0.2, 0.25) is 0 Å². The van der Waals surface area contributed by atoms with Gasteiger partial charge in [-0.1, -0.05) is 0 Å². The molecule has 0 fully saturated rings. The van der Waals surface area contributed by atoms with Gasteiger partial charge in [-0.25, -0.2) is 12.8 Å². The van der Waals surface area contributed by atoms with Gasteiger partial charge in [0.05, 0.1) is 19.8 Å². The van der Waals surface area contributed by atoms with Crippen LogP contribution in [0.15, 0.2) is 18.2 Å². The fourth-order valence-electron chi connectivity index (χ4n) is 1.47. The van der Waals surface area contributed by atoms with Crippen LogP contribution in [0, 0.1) is 5.82 Å². The lowest BCUT2D eigenvalue weighted by Gasteiger charge is -2.08. The van der Waals surface area contributed by atoms with Gasteiger partial charge in [0.25, 0.3) is 0 Å². The average molecular weight is 304 g/mol. The van der Waals surface area contributed by atoms with Crippen molar-refractivity contribution in [2.45, 2.75) is 0 Å². The molecule has 0 aliphatic heterocycles. The van der Waals surface area contributed by atoms with E-state index in [0.29, 0.717) is 0 Å². The third-order valence-electron chi connectivity index (χ3n) is 2.38. The zero-order valence-corrected chi connectivity index (χ0v) is 11.7. The van der Waals surface area contributed by atoms with Gasteiger partial charge in [0.15, 0.2) is 15.6 Å². The molecule has 20 heavy (non-hydrogen) atoms. The van der Waals surface area contributed by atoms with Crippen molar-refractivity contribution in [3.05, 3.63) is 29.6 Å². The molecule has 6 nitrogen and oxygen atoms in total. The molecule has 0 saturated carbocycles. The van der Waals surface area contributed by atoms with Gasteiger partial charge in [-0.05, 0) is 18.2 Å². The number of halogens is 1. The van der Waals surface area contributed by atoms with Gasteiger partial charge < -0.3 is 9.47 Å². The SMILES string of the molecule is COC(=O)CS(=O)(=O)CC(=O)c1cc(F)ccc1OC. The van der Waals surface area contributed by atoms with Gasteiger partial charge in [-0.3, -0.25) is 9.59 Å². The molecule has 0 aliphatic carbocycles. The first-order valence-corrected chi connectivity index (χ1v) is 7.25. The first-order valence-electron chi connectivity index (χ1n) is 5.43. The molecule has 1 aromatic rings. The summed E-state index contributed by atoms with van der Waals surface area (Å²) in [5, 5.41) is 0. The topological polar surface area (TPSA) is 86.7 Å². The Morgan fingerprint density at radius 3 is 2.40 bits per heavy atom. The molecule has 0 radical (unpaired) electrons.